The van der Waals surface area contributed by atoms with Crippen LogP contribution in [0.3, 0.4) is 0 Å². The number of hydrogen-bond donors (Lipinski definition) is 0. The summed E-state index contributed by atoms with van der Waals surface area (Å²) in [6.45, 7) is 0. The minimum absolute atomic E-state index is 0.0376. The average molecular weight is 286 g/mol. The van der Waals surface area contributed by atoms with Gasteiger partial charge in [-0.3, -0.25) is 4.79 Å². The third kappa shape index (κ3) is 1.72. The summed E-state index contributed by atoms with van der Waals surface area (Å²) in [6.07, 6.45) is 0.426. The first-order valence-corrected chi connectivity index (χ1v) is 4.96. The van der Waals surface area contributed by atoms with E-state index in [1.54, 1.807) is 0 Å². The van der Waals surface area contributed by atoms with Crippen LogP contribution in [-0.4, -0.2) is 9.63 Å². The van der Waals surface area contributed by atoms with Crippen molar-refractivity contribution in [3.8, 4) is 0 Å². The molecule has 4 heteroatoms. The fourth-order valence-electron chi connectivity index (χ4n) is 1.17. The van der Waals surface area contributed by atoms with Crippen molar-refractivity contribution in [3.05, 3.63) is 30.3 Å². The summed E-state index contributed by atoms with van der Waals surface area (Å²) in [7, 11) is 0. The molecule has 1 aliphatic rings. The summed E-state index contributed by atoms with van der Waals surface area (Å²) >= 11 is 2.08. The largest absolute Gasteiger partial charge is 0.272 e. The predicted octanol–water partition coefficient (Wildman–Crippen LogP) is 2.17. The fraction of sp³-hybridized carbons (Fsp3) is 0.111. The second-order valence-electron chi connectivity index (χ2n) is 2.69. The zero-order valence-corrected chi connectivity index (χ0v) is 8.93. The molecule has 0 saturated heterocycles. The molecule has 66 valence electrons. The van der Waals surface area contributed by atoms with Crippen LogP contribution in [0.1, 0.15) is 6.42 Å². The van der Waals surface area contributed by atoms with Crippen LogP contribution in [0.5, 0.6) is 0 Å². The molecule has 0 aromatic heterocycles. The highest BCUT2D eigenvalue weighted by Crippen LogP contribution is 2.21. The van der Waals surface area contributed by atoms with E-state index in [9.17, 15) is 4.79 Å². The van der Waals surface area contributed by atoms with Gasteiger partial charge in [0.15, 0.2) is 0 Å². The fourth-order valence-corrected chi connectivity index (χ4v) is 1.71. The van der Waals surface area contributed by atoms with E-state index in [0.717, 1.165) is 9.41 Å². The van der Waals surface area contributed by atoms with E-state index >= 15 is 0 Å². The molecular formula is C9H7IN2O. The number of rotatable bonds is 1. The van der Waals surface area contributed by atoms with Crippen LogP contribution in [0.2, 0.25) is 0 Å². The third-order valence-corrected chi connectivity index (χ3v) is 2.34. The van der Waals surface area contributed by atoms with Crippen molar-refractivity contribution in [2.45, 2.75) is 6.42 Å². The maximum Gasteiger partial charge on any atom is 0.253 e. The molecule has 0 spiro atoms. The Labute approximate surface area is 89.6 Å². The number of hydrazone groups is 1. The molecule has 1 aliphatic heterocycles. The van der Waals surface area contributed by atoms with E-state index in [1.807, 2.05) is 30.3 Å². The Morgan fingerprint density at radius 1 is 1.31 bits per heavy atom. The zero-order chi connectivity index (χ0) is 9.26. The summed E-state index contributed by atoms with van der Waals surface area (Å²) in [5, 5.41) is 5.57. The number of hydrogen-bond acceptors (Lipinski definition) is 2. The number of carbonyl (C=O) groups is 1. The van der Waals surface area contributed by atoms with Crippen LogP contribution >= 0.6 is 22.6 Å². The molecule has 0 saturated carbocycles. The van der Waals surface area contributed by atoms with Crippen molar-refractivity contribution >= 4 is 37.9 Å². The van der Waals surface area contributed by atoms with Crippen molar-refractivity contribution < 1.29 is 4.79 Å². The minimum Gasteiger partial charge on any atom is -0.272 e. The zero-order valence-electron chi connectivity index (χ0n) is 6.77. The number of halogens is 1. The first-order valence-electron chi connectivity index (χ1n) is 3.88. The monoisotopic (exact) mass is 286 g/mol. The van der Waals surface area contributed by atoms with Gasteiger partial charge in [0, 0.05) is 0 Å². The van der Waals surface area contributed by atoms with Gasteiger partial charge in [-0.15, -0.1) is 0 Å². The van der Waals surface area contributed by atoms with Gasteiger partial charge in [0.25, 0.3) is 5.91 Å². The minimum atomic E-state index is 0.0376. The first-order chi connectivity index (χ1) is 6.27. The molecule has 0 N–H and O–H groups in total. The van der Waals surface area contributed by atoms with Gasteiger partial charge < -0.3 is 0 Å². The Balaban J connectivity index is 2.33. The van der Waals surface area contributed by atoms with E-state index in [-0.39, 0.29) is 5.91 Å². The van der Waals surface area contributed by atoms with Gasteiger partial charge in [-0.2, -0.15) is 10.1 Å². The number of benzene rings is 1. The van der Waals surface area contributed by atoms with Crippen LogP contribution in [0, 0.1) is 0 Å². The lowest BCUT2D eigenvalue weighted by Crippen LogP contribution is -2.19. The van der Waals surface area contributed by atoms with Crippen molar-refractivity contribution in [2.24, 2.45) is 5.10 Å². The molecule has 0 aliphatic carbocycles. The van der Waals surface area contributed by atoms with Gasteiger partial charge in [0.2, 0.25) is 0 Å². The van der Waals surface area contributed by atoms with Crippen LogP contribution in [0.15, 0.2) is 35.4 Å². The van der Waals surface area contributed by atoms with Gasteiger partial charge in [0.1, 0.15) is 3.72 Å². The molecule has 1 aromatic rings. The summed E-state index contributed by atoms with van der Waals surface area (Å²) in [5.41, 5.74) is 0.833. The van der Waals surface area contributed by atoms with Gasteiger partial charge in [-0.1, -0.05) is 18.2 Å². The van der Waals surface area contributed by atoms with Gasteiger partial charge in [0.05, 0.1) is 12.1 Å². The summed E-state index contributed by atoms with van der Waals surface area (Å²) in [6, 6.07) is 9.44. The molecule has 0 fully saturated rings. The van der Waals surface area contributed by atoms with Gasteiger partial charge >= 0.3 is 0 Å². The van der Waals surface area contributed by atoms with Crippen molar-refractivity contribution in [1.29, 1.82) is 0 Å². The number of para-hydroxylation sites is 1. The van der Waals surface area contributed by atoms with E-state index in [4.69, 9.17) is 0 Å². The lowest BCUT2D eigenvalue weighted by molar-refractivity contribution is -0.116. The average Bonchev–Trinajstić information content (AvgIpc) is 2.47. The molecule has 13 heavy (non-hydrogen) atoms. The smallest absolute Gasteiger partial charge is 0.253 e. The Bertz CT molecular complexity index is 361. The van der Waals surface area contributed by atoms with Gasteiger partial charge in [-0.25, -0.2) is 0 Å². The SMILES string of the molecule is O=C1CC(I)=NN1c1ccccc1. The molecule has 0 unspecified atom stereocenters. The third-order valence-electron chi connectivity index (χ3n) is 1.74. The highest BCUT2D eigenvalue weighted by molar-refractivity contribution is 14.1. The molecule has 0 bridgehead atoms. The van der Waals surface area contributed by atoms with E-state index < -0.39 is 0 Å². The standard InChI is InChI=1S/C9H7IN2O/c10-8-6-9(13)12(11-8)7-4-2-1-3-5-7/h1-5H,6H2. The Hall–Kier alpha value is -0.910. The summed E-state index contributed by atoms with van der Waals surface area (Å²) in [5.74, 6) is 0.0376. The lowest BCUT2D eigenvalue weighted by Gasteiger charge is -2.10. The molecule has 1 aromatic carbocycles. The Morgan fingerprint density at radius 3 is 2.54 bits per heavy atom. The van der Waals surface area contributed by atoms with Crippen LogP contribution < -0.4 is 5.01 Å². The van der Waals surface area contributed by atoms with E-state index in [2.05, 4.69) is 27.7 Å². The molecule has 0 radical (unpaired) electrons. The maximum atomic E-state index is 11.4. The van der Waals surface area contributed by atoms with Crippen molar-refractivity contribution in [3.63, 3.8) is 0 Å². The predicted molar refractivity (Wildman–Crippen MR) is 60.0 cm³/mol. The quantitative estimate of drug-likeness (QED) is 0.728. The summed E-state index contributed by atoms with van der Waals surface area (Å²) in [4.78, 5) is 11.4. The van der Waals surface area contributed by atoms with Crippen LogP contribution in [-0.2, 0) is 4.79 Å². The second-order valence-corrected chi connectivity index (χ2v) is 3.94. The number of nitrogens with zero attached hydrogens (tertiary/aromatic N) is 2. The molecule has 0 atom stereocenters. The highest BCUT2D eigenvalue weighted by atomic mass is 127. The Kier molecular flexibility index (Phi) is 2.30. The van der Waals surface area contributed by atoms with Crippen LogP contribution in [0.25, 0.3) is 0 Å². The maximum absolute atomic E-state index is 11.4. The number of amides is 1. The summed E-state index contributed by atoms with van der Waals surface area (Å²) < 4.78 is 0.839. The number of anilines is 1. The molecule has 1 amide bonds. The highest BCUT2D eigenvalue weighted by Gasteiger charge is 2.22. The van der Waals surface area contributed by atoms with Gasteiger partial charge in [-0.05, 0) is 34.7 Å². The topological polar surface area (TPSA) is 32.7 Å². The molecule has 2 rings (SSSR count). The molecular weight excluding hydrogens is 279 g/mol. The van der Waals surface area contributed by atoms with Crippen molar-refractivity contribution in [2.75, 3.05) is 5.01 Å². The van der Waals surface area contributed by atoms with E-state index in [1.165, 1.54) is 5.01 Å². The molecule has 3 nitrogen and oxygen atoms in total. The molecule has 1 heterocycles. The van der Waals surface area contributed by atoms with E-state index in [0.29, 0.717) is 6.42 Å². The number of carbonyl (C=O) groups excluding carboxylic acids is 1. The first kappa shape index (κ1) is 8.68. The van der Waals surface area contributed by atoms with Crippen molar-refractivity contribution in [1.82, 2.24) is 0 Å². The Morgan fingerprint density at radius 2 is 2.00 bits per heavy atom. The normalized spacial score (nSPS) is 16.2. The van der Waals surface area contributed by atoms with Crippen LogP contribution in [0.4, 0.5) is 5.69 Å². The lowest BCUT2D eigenvalue weighted by atomic mass is 10.3. The second kappa shape index (κ2) is 3.45.